The van der Waals surface area contributed by atoms with Crippen LogP contribution in [0.1, 0.15) is 38.2 Å². The second kappa shape index (κ2) is 7.84. The zero-order valence-corrected chi connectivity index (χ0v) is 13.6. The molecule has 122 valence electrons. The van der Waals surface area contributed by atoms with Crippen LogP contribution in [-0.4, -0.2) is 43.8 Å². The normalized spacial score (nSPS) is 21.8. The Balaban J connectivity index is 1.40. The highest BCUT2D eigenvalue weighted by molar-refractivity contribution is 5.47. The molecule has 1 fully saturated rings. The molecule has 0 bridgehead atoms. The molecule has 0 aliphatic carbocycles. The van der Waals surface area contributed by atoms with Gasteiger partial charge in [-0.1, -0.05) is 18.6 Å². The van der Waals surface area contributed by atoms with Gasteiger partial charge >= 0.3 is 0 Å². The van der Waals surface area contributed by atoms with Gasteiger partial charge in [0.2, 0.25) is 0 Å². The highest BCUT2D eigenvalue weighted by Crippen LogP contribution is 2.33. The molecule has 0 aromatic heterocycles. The Morgan fingerprint density at radius 3 is 3.05 bits per heavy atom. The lowest BCUT2D eigenvalue weighted by Gasteiger charge is -2.33. The minimum atomic E-state index is 0.650. The maximum atomic E-state index is 5.75. The van der Waals surface area contributed by atoms with Crippen molar-refractivity contribution in [3.8, 4) is 11.5 Å². The van der Waals surface area contributed by atoms with E-state index in [0.717, 1.165) is 30.6 Å². The van der Waals surface area contributed by atoms with Crippen LogP contribution in [0.25, 0.3) is 0 Å². The second-order valence-corrected chi connectivity index (χ2v) is 6.35. The summed E-state index contributed by atoms with van der Waals surface area (Å²) in [5.74, 6) is 1.80. The molecule has 3 rings (SSSR count). The quantitative estimate of drug-likeness (QED) is 0.820. The summed E-state index contributed by atoms with van der Waals surface area (Å²) >= 11 is 0. The molecule has 2 aliphatic heterocycles. The maximum absolute atomic E-state index is 5.75. The van der Waals surface area contributed by atoms with Crippen LogP contribution in [0.4, 0.5) is 0 Å². The lowest BCUT2D eigenvalue weighted by Crippen LogP contribution is -2.38. The van der Waals surface area contributed by atoms with Crippen molar-refractivity contribution < 1.29 is 9.47 Å². The van der Waals surface area contributed by atoms with Gasteiger partial charge in [-0.2, -0.15) is 0 Å². The molecule has 0 saturated carbocycles. The van der Waals surface area contributed by atoms with E-state index in [9.17, 15) is 0 Å². The number of nitrogens with zero attached hydrogens (tertiary/aromatic N) is 1. The van der Waals surface area contributed by atoms with Gasteiger partial charge in [0.25, 0.3) is 0 Å². The largest absolute Gasteiger partial charge is 0.486 e. The van der Waals surface area contributed by atoms with Gasteiger partial charge in [0.05, 0.1) is 0 Å². The third kappa shape index (κ3) is 3.93. The SMILES string of the molecule is CC1CCCCN1CCCNCc1cccc2c1OCCO2. The van der Waals surface area contributed by atoms with Crippen LogP contribution in [0.5, 0.6) is 11.5 Å². The predicted molar refractivity (Wildman–Crippen MR) is 88.6 cm³/mol. The fourth-order valence-electron chi connectivity index (χ4n) is 3.39. The van der Waals surface area contributed by atoms with Gasteiger partial charge in [-0.05, 0) is 51.9 Å². The average Bonchev–Trinajstić information content (AvgIpc) is 2.56. The van der Waals surface area contributed by atoms with Gasteiger partial charge in [0.1, 0.15) is 13.2 Å². The Labute approximate surface area is 133 Å². The smallest absolute Gasteiger partial charge is 0.165 e. The molecular weight excluding hydrogens is 276 g/mol. The highest BCUT2D eigenvalue weighted by atomic mass is 16.6. The van der Waals surface area contributed by atoms with Gasteiger partial charge in [-0.25, -0.2) is 0 Å². The summed E-state index contributed by atoms with van der Waals surface area (Å²) in [5, 5.41) is 3.54. The van der Waals surface area contributed by atoms with Crippen LogP contribution in [-0.2, 0) is 6.54 Å². The van der Waals surface area contributed by atoms with Crippen molar-refractivity contribution in [1.29, 1.82) is 0 Å². The summed E-state index contributed by atoms with van der Waals surface area (Å²) in [6.45, 7) is 8.05. The van der Waals surface area contributed by atoms with E-state index in [0.29, 0.717) is 13.2 Å². The number of hydrogen-bond donors (Lipinski definition) is 1. The van der Waals surface area contributed by atoms with Crippen molar-refractivity contribution in [2.24, 2.45) is 0 Å². The first-order chi connectivity index (χ1) is 10.8. The van der Waals surface area contributed by atoms with Crippen molar-refractivity contribution in [3.05, 3.63) is 23.8 Å². The molecule has 1 aromatic carbocycles. The zero-order chi connectivity index (χ0) is 15.2. The van der Waals surface area contributed by atoms with E-state index in [4.69, 9.17) is 9.47 Å². The predicted octanol–water partition coefficient (Wildman–Crippen LogP) is 2.81. The molecule has 2 aliphatic rings. The third-order valence-corrected chi connectivity index (χ3v) is 4.70. The Morgan fingerprint density at radius 2 is 2.14 bits per heavy atom. The van der Waals surface area contributed by atoms with E-state index in [1.807, 2.05) is 12.1 Å². The molecule has 22 heavy (non-hydrogen) atoms. The Morgan fingerprint density at radius 1 is 1.23 bits per heavy atom. The summed E-state index contributed by atoms with van der Waals surface area (Å²) < 4.78 is 11.4. The first kappa shape index (κ1) is 15.6. The lowest BCUT2D eigenvalue weighted by atomic mass is 10.0. The van der Waals surface area contributed by atoms with Crippen molar-refractivity contribution in [2.75, 3.05) is 32.8 Å². The van der Waals surface area contributed by atoms with Gasteiger partial charge < -0.3 is 19.7 Å². The number of para-hydroxylation sites is 1. The fraction of sp³-hybridized carbons (Fsp3) is 0.667. The molecule has 0 amide bonds. The number of hydrogen-bond acceptors (Lipinski definition) is 4. The first-order valence-corrected chi connectivity index (χ1v) is 8.67. The topological polar surface area (TPSA) is 33.7 Å². The van der Waals surface area contributed by atoms with Crippen LogP contribution in [0.2, 0.25) is 0 Å². The molecule has 4 nitrogen and oxygen atoms in total. The summed E-state index contributed by atoms with van der Waals surface area (Å²) in [7, 11) is 0. The van der Waals surface area contributed by atoms with Crippen LogP contribution < -0.4 is 14.8 Å². The minimum Gasteiger partial charge on any atom is -0.486 e. The van der Waals surface area contributed by atoms with Crippen molar-refractivity contribution >= 4 is 0 Å². The van der Waals surface area contributed by atoms with Gasteiger partial charge in [0, 0.05) is 18.2 Å². The highest BCUT2D eigenvalue weighted by Gasteiger charge is 2.17. The molecule has 1 N–H and O–H groups in total. The second-order valence-electron chi connectivity index (χ2n) is 6.35. The molecular formula is C18H28N2O2. The van der Waals surface area contributed by atoms with Gasteiger partial charge in [0.15, 0.2) is 11.5 Å². The number of likely N-dealkylation sites (tertiary alicyclic amines) is 1. The Hall–Kier alpha value is -1.26. The summed E-state index contributed by atoms with van der Waals surface area (Å²) in [5.41, 5.74) is 1.20. The molecule has 1 unspecified atom stereocenters. The van der Waals surface area contributed by atoms with E-state index in [2.05, 4.69) is 23.2 Å². The van der Waals surface area contributed by atoms with Crippen molar-refractivity contribution in [3.63, 3.8) is 0 Å². The average molecular weight is 304 g/mol. The molecule has 2 heterocycles. The van der Waals surface area contributed by atoms with Crippen LogP contribution in [0, 0.1) is 0 Å². The van der Waals surface area contributed by atoms with E-state index >= 15 is 0 Å². The number of rotatable bonds is 6. The Kier molecular flexibility index (Phi) is 5.57. The van der Waals surface area contributed by atoms with Crippen LogP contribution in [0.15, 0.2) is 18.2 Å². The zero-order valence-electron chi connectivity index (χ0n) is 13.6. The van der Waals surface area contributed by atoms with E-state index in [1.165, 1.54) is 44.3 Å². The third-order valence-electron chi connectivity index (χ3n) is 4.70. The van der Waals surface area contributed by atoms with Crippen molar-refractivity contribution in [2.45, 2.75) is 45.2 Å². The number of fused-ring (bicyclic) bond motifs is 1. The summed E-state index contributed by atoms with van der Waals surface area (Å²) in [4.78, 5) is 2.63. The summed E-state index contributed by atoms with van der Waals surface area (Å²) in [6, 6.07) is 6.91. The lowest BCUT2D eigenvalue weighted by molar-refractivity contribution is 0.158. The molecule has 1 atom stereocenters. The maximum Gasteiger partial charge on any atom is 0.165 e. The van der Waals surface area contributed by atoms with E-state index in [-0.39, 0.29) is 0 Å². The van der Waals surface area contributed by atoms with Crippen molar-refractivity contribution in [1.82, 2.24) is 10.2 Å². The van der Waals surface area contributed by atoms with Gasteiger partial charge in [-0.3, -0.25) is 0 Å². The fourth-order valence-corrected chi connectivity index (χ4v) is 3.39. The molecule has 0 radical (unpaired) electrons. The minimum absolute atomic E-state index is 0.650. The van der Waals surface area contributed by atoms with E-state index < -0.39 is 0 Å². The Bertz CT molecular complexity index is 478. The molecule has 0 spiro atoms. The number of benzene rings is 1. The number of nitrogens with one attached hydrogen (secondary N) is 1. The van der Waals surface area contributed by atoms with Gasteiger partial charge in [-0.15, -0.1) is 0 Å². The standard InChI is InChI=1S/C18H28N2O2/c1-15-6-2-3-10-20(15)11-5-9-19-14-16-7-4-8-17-18(16)22-13-12-21-17/h4,7-8,15,19H,2-3,5-6,9-14H2,1H3. The molecule has 1 aromatic rings. The monoisotopic (exact) mass is 304 g/mol. The first-order valence-electron chi connectivity index (χ1n) is 8.67. The number of piperidine rings is 1. The van der Waals surface area contributed by atoms with Crippen LogP contribution in [0.3, 0.4) is 0 Å². The van der Waals surface area contributed by atoms with E-state index in [1.54, 1.807) is 0 Å². The van der Waals surface area contributed by atoms with Crippen LogP contribution >= 0.6 is 0 Å². The molecule has 1 saturated heterocycles. The molecule has 4 heteroatoms. The summed E-state index contributed by atoms with van der Waals surface area (Å²) in [6.07, 6.45) is 5.33. The number of ether oxygens (including phenoxy) is 2.